The van der Waals surface area contributed by atoms with Crippen LogP contribution < -0.4 is 20.2 Å². The van der Waals surface area contributed by atoms with Crippen molar-refractivity contribution in [1.82, 2.24) is 5.43 Å². The van der Waals surface area contributed by atoms with Crippen LogP contribution in [0.25, 0.3) is 0 Å². The number of rotatable bonds is 7. The highest BCUT2D eigenvalue weighted by Gasteiger charge is 2.15. The number of nitrogens with one attached hydrogen (secondary N) is 2. The van der Waals surface area contributed by atoms with Crippen LogP contribution in [0.15, 0.2) is 53.6 Å². The smallest absolute Gasteiger partial charge is 0.329 e. The number of nitrogens with zero attached hydrogens (tertiary/aromatic N) is 1. The van der Waals surface area contributed by atoms with Crippen molar-refractivity contribution >= 4 is 23.7 Å². The van der Waals surface area contributed by atoms with Crippen molar-refractivity contribution in [2.24, 2.45) is 5.10 Å². The van der Waals surface area contributed by atoms with Crippen molar-refractivity contribution in [1.29, 1.82) is 0 Å². The molecule has 7 nitrogen and oxygen atoms in total. The molecule has 0 aliphatic heterocycles. The molecular formula is C19H21N3O4. The second kappa shape index (κ2) is 9.83. The van der Waals surface area contributed by atoms with Crippen LogP contribution in [0.2, 0.25) is 0 Å². The number of hydrogen-bond donors (Lipinski definition) is 2. The number of amides is 2. The molecule has 2 amide bonds. The second-order valence-electron chi connectivity index (χ2n) is 5.05. The van der Waals surface area contributed by atoms with Gasteiger partial charge in [0, 0.05) is 5.56 Å². The molecule has 0 heterocycles. The highest BCUT2D eigenvalue weighted by atomic mass is 16.5. The number of hydrogen-bond acceptors (Lipinski definition) is 5. The molecule has 0 saturated heterocycles. The molecule has 2 aromatic rings. The third kappa shape index (κ3) is 5.34. The summed E-state index contributed by atoms with van der Waals surface area (Å²) in [6, 6.07) is 14.1. The van der Waals surface area contributed by atoms with E-state index in [4.69, 9.17) is 9.47 Å². The van der Waals surface area contributed by atoms with Gasteiger partial charge in [0.1, 0.15) is 11.5 Å². The summed E-state index contributed by atoms with van der Waals surface area (Å²) in [5.74, 6) is -0.595. The summed E-state index contributed by atoms with van der Waals surface area (Å²) in [6.45, 7) is 4.67. The van der Waals surface area contributed by atoms with Crippen molar-refractivity contribution in [3.05, 3.63) is 54.1 Å². The number of ether oxygens (including phenoxy) is 2. The van der Waals surface area contributed by atoms with E-state index < -0.39 is 11.8 Å². The molecule has 0 aromatic heterocycles. The zero-order valence-electron chi connectivity index (χ0n) is 14.7. The van der Waals surface area contributed by atoms with E-state index in [0.717, 1.165) is 0 Å². The first kappa shape index (κ1) is 19.0. The van der Waals surface area contributed by atoms with Gasteiger partial charge in [-0.15, -0.1) is 0 Å². The Labute approximate surface area is 152 Å². The van der Waals surface area contributed by atoms with Gasteiger partial charge in [0.25, 0.3) is 0 Å². The maximum Gasteiger partial charge on any atom is 0.329 e. The maximum absolute atomic E-state index is 12.0. The second-order valence-corrected chi connectivity index (χ2v) is 5.05. The highest BCUT2D eigenvalue weighted by Crippen LogP contribution is 2.23. The zero-order valence-corrected chi connectivity index (χ0v) is 14.7. The molecule has 0 saturated carbocycles. The lowest BCUT2D eigenvalue weighted by Gasteiger charge is -2.10. The molecule has 0 spiro atoms. The minimum absolute atomic E-state index is 0.417. The third-order valence-electron chi connectivity index (χ3n) is 3.23. The highest BCUT2D eigenvalue weighted by molar-refractivity contribution is 6.39. The van der Waals surface area contributed by atoms with Crippen LogP contribution in [0.1, 0.15) is 19.4 Å². The third-order valence-corrected chi connectivity index (χ3v) is 3.23. The molecular weight excluding hydrogens is 334 g/mol. The summed E-state index contributed by atoms with van der Waals surface area (Å²) in [5, 5.41) is 6.31. The molecule has 2 N–H and O–H groups in total. The Balaban J connectivity index is 1.97. The van der Waals surface area contributed by atoms with E-state index in [-0.39, 0.29) is 0 Å². The maximum atomic E-state index is 12.0. The number of hydrazone groups is 1. The lowest BCUT2D eigenvalue weighted by molar-refractivity contribution is -0.136. The minimum Gasteiger partial charge on any atom is -0.493 e. The molecule has 0 aliphatic rings. The number of carbonyl (C=O) groups excluding carboxylic acids is 2. The van der Waals surface area contributed by atoms with E-state index >= 15 is 0 Å². The lowest BCUT2D eigenvalue weighted by Crippen LogP contribution is -2.32. The SMILES string of the molecule is CCOc1ccccc1C=NNC(=O)C(=O)Nc1ccccc1OCC. The first-order chi connectivity index (χ1) is 12.7. The van der Waals surface area contributed by atoms with Crippen LogP contribution in [0, 0.1) is 0 Å². The molecule has 136 valence electrons. The number of para-hydroxylation sites is 3. The summed E-state index contributed by atoms with van der Waals surface area (Å²) >= 11 is 0. The Bertz CT molecular complexity index is 790. The molecule has 0 unspecified atom stereocenters. The Morgan fingerprint density at radius 3 is 2.27 bits per heavy atom. The van der Waals surface area contributed by atoms with E-state index in [9.17, 15) is 9.59 Å². The topological polar surface area (TPSA) is 89.0 Å². The van der Waals surface area contributed by atoms with Crippen LogP contribution in [0.4, 0.5) is 5.69 Å². The lowest BCUT2D eigenvalue weighted by atomic mass is 10.2. The molecule has 7 heteroatoms. The van der Waals surface area contributed by atoms with Gasteiger partial charge in [-0.05, 0) is 38.1 Å². The predicted octanol–water partition coefficient (Wildman–Crippen LogP) is 2.57. The zero-order chi connectivity index (χ0) is 18.8. The van der Waals surface area contributed by atoms with E-state index in [1.54, 1.807) is 36.4 Å². The molecule has 0 bridgehead atoms. The standard InChI is InChI=1S/C19H21N3O4/c1-3-25-16-11-7-5-9-14(16)13-20-22-19(24)18(23)21-15-10-6-8-12-17(15)26-4-2/h5-13H,3-4H2,1-2H3,(H,21,23)(H,22,24). The average molecular weight is 355 g/mol. The Hall–Kier alpha value is -3.35. The molecule has 0 radical (unpaired) electrons. The fraction of sp³-hybridized carbons (Fsp3) is 0.211. The molecule has 0 atom stereocenters. The van der Waals surface area contributed by atoms with Gasteiger partial charge in [0.05, 0.1) is 25.1 Å². The summed E-state index contributed by atoms with van der Waals surface area (Å²) in [6.07, 6.45) is 1.42. The van der Waals surface area contributed by atoms with Crippen molar-refractivity contribution < 1.29 is 19.1 Å². The Morgan fingerprint density at radius 1 is 0.923 bits per heavy atom. The first-order valence-electron chi connectivity index (χ1n) is 8.23. The summed E-state index contributed by atoms with van der Waals surface area (Å²) in [5.41, 5.74) is 3.30. The average Bonchev–Trinajstić information content (AvgIpc) is 2.65. The van der Waals surface area contributed by atoms with Gasteiger partial charge in [-0.25, -0.2) is 5.43 Å². The van der Waals surface area contributed by atoms with Gasteiger partial charge >= 0.3 is 11.8 Å². The van der Waals surface area contributed by atoms with E-state index in [0.29, 0.717) is 36.0 Å². The summed E-state index contributed by atoms with van der Waals surface area (Å²) < 4.78 is 10.9. The summed E-state index contributed by atoms with van der Waals surface area (Å²) in [7, 11) is 0. The van der Waals surface area contributed by atoms with Crippen LogP contribution >= 0.6 is 0 Å². The summed E-state index contributed by atoms with van der Waals surface area (Å²) in [4.78, 5) is 23.9. The van der Waals surface area contributed by atoms with Gasteiger partial charge < -0.3 is 14.8 Å². The van der Waals surface area contributed by atoms with Gasteiger partial charge in [-0.1, -0.05) is 24.3 Å². The monoisotopic (exact) mass is 355 g/mol. The Kier molecular flexibility index (Phi) is 7.17. The van der Waals surface area contributed by atoms with Gasteiger partial charge in [0.15, 0.2) is 0 Å². The molecule has 2 rings (SSSR count). The van der Waals surface area contributed by atoms with Crippen molar-refractivity contribution in [3.8, 4) is 11.5 Å². The normalized spacial score (nSPS) is 10.4. The van der Waals surface area contributed by atoms with Gasteiger partial charge in [-0.3, -0.25) is 9.59 Å². The quantitative estimate of drug-likeness (QED) is 0.454. The predicted molar refractivity (Wildman–Crippen MR) is 99.6 cm³/mol. The van der Waals surface area contributed by atoms with Crippen LogP contribution in [0.5, 0.6) is 11.5 Å². The van der Waals surface area contributed by atoms with Crippen LogP contribution in [0.3, 0.4) is 0 Å². The van der Waals surface area contributed by atoms with Crippen molar-refractivity contribution in [3.63, 3.8) is 0 Å². The number of benzene rings is 2. The largest absolute Gasteiger partial charge is 0.493 e. The number of carbonyl (C=O) groups is 2. The van der Waals surface area contributed by atoms with E-state index in [1.807, 2.05) is 26.0 Å². The van der Waals surface area contributed by atoms with Crippen molar-refractivity contribution in [2.45, 2.75) is 13.8 Å². The molecule has 0 aliphatic carbocycles. The van der Waals surface area contributed by atoms with E-state index in [2.05, 4.69) is 15.8 Å². The fourth-order valence-electron chi connectivity index (χ4n) is 2.12. The van der Waals surface area contributed by atoms with Crippen molar-refractivity contribution in [2.75, 3.05) is 18.5 Å². The van der Waals surface area contributed by atoms with Gasteiger partial charge in [-0.2, -0.15) is 5.10 Å². The fourth-order valence-corrected chi connectivity index (χ4v) is 2.12. The van der Waals surface area contributed by atoms with Crippen LogP contribution in [-0.2, 0) is 9.59 Å². The van der Waals surface area contributed by atoms with E-state index in [1.165, 1.54) is 6.21 Å². The van der Waals surface area contributed by atoms with Gasteiger partial charge in [0.2, 0.25) is 0 Å². The first-order valence-corrected chi connectivity index (χ1v) is 8.23. The molecule has 2 aromatic carbocycles. The van der Waals surface area contributed by atoms with Crippen LogP contribution in [-0.4, -0.2) is 31.2 Å². The minimum atomic E-state index is -0.888. The Morgan fingerprint density at radius 2 is 1.54 bits per heavy atom. The molecule has 0 fully saturated rings. The number of anilines is 1. The molecule has 26 heavy (non-hydrogen) atoms.